The van der Waals surface area contributed by atoms with Crippen LogP contribution < -0.4 is 5.32 Å². The molecule has 0 radical (unpaired) electrons. The maximum Gasteiger partial charge on any atom is 0.321 e. The summed E-state index contributed by atoms with van der Waals surface area (Å²) in [6, 6.07) is 7.74. The molecule has 6 nitrogen and oxygen atoms in total. The lowest BCUT2D eigenvalue weighted by Crippen LogP contribution is -2.41. The van der Waals surface area contributed by atoms with E-state index in [2.05, 4.69) is 5.32 Å². The van der Waals surface area contributed by atoms with Crippen LogP contribution in [0.5, 0.6) is 0 Å². The highest BCUT2D eigenvalue weighted by atomic mass is 32.2. The minimum absolute atomic E-state index is 0.145. The van der Waals surface area contributed by atoms with Crippen LogP contribution in [-0.2, 0) is 21.3 Å². The fourth-order valence-electron chi connectivity index (χ4n) is 1.30. The van der Waals surface area contributed by atoms with Crippen LogP contribution in [0.15, 0.2) is 30.3 Å². The van der Waals surface area contributed by atoms with Crippen LogP contribution in [0.25, 0.3) is 0 Å². The van der Waals surface area contributed by atoms with E-state index in [0.717, 1.165) is 5.56 Å². The van der Waals surface area contributed by atoms with Gasteiger partial charge in [-0.2, -0.15) is 8.42 Å². The first-order valence-corrected chi connectivity index (χ1v) is 6.44. The van der Waals surface area contributed by atoms with Crippen molar-refractivity contribution in [3.8, 4) is 0 Å². The first-order chi connectivity index (χ1) is 7.88. The molecule has 1 rings (SSSR count). The molecular formula is C10H13NO5S. The third-order valence-corrected chi connectivity index (χ3v) is 2.62. The molecule has 0 bridgehead atoms. The van der Waals surface area contributed by atoms with Crippen LogP contribution in [0.1, 0.15) is 5.56 Å². The zero-order chi connectivity index (χ0) is 12.9. The van der Waals surface area contributed by atoms with E-state index in [9.17, 15) is 13.2 Å². The van der Waals surface area contributed by atoms with Gasteiger partial charge in [0.2, 0.25) is 0 Å². The molecule has 0 aliphatic heterocycles. The Morgan fingerprint density at radius 2 is 1.88 bits per heavy atom. The lowest BCUT2D eigenvalue weighted by molar-refractivity contribution is -0.139. The molecule has 0 saturated heterocycles. The van der Waals surface area contributed by atoms with Crippen molar-refractivity contribution in [3.05, 3.63) is 35.9 Å². The van der Waals surface area contributed by atoms with Gasteiger partial charge >= 0.3 is 5.97 Å². The summed E-state index contributed by atoms with van der Waals surface area (Å²) in [5, 5.41) is 11.2. The molecule has 0 aliphatic carbocycles. The summed E-state index contributed by atoms with van der Waals surface area (Å²) in [4.78, 5) is 10.9. The average molecular weight is 259 g/mol. The Morgan fingerprint density at radius 1 is 1.29 bits per heavy atom. The van der Waals surface area contributed by atoms with Gasteiger partial charge in [-0.15, -0.1) is 0 Å². The van der Waals surface area contributed by atoms with Gasteiger partial charge in [-0.3, -0.25) is 14.7 Å². The van der Waals surface area contributed by atoms with Gasteiger partial charge in [0.15, 0.2) is 0 Å². The van der Waals surface area contributed by atoms with Crippen LogP contribution in [-0.4, -0.2) is 36.0 Å². The lowest BCUT2D eigenvalue weighted by Gasteiger charge is -2.13. The summed E-state index contributed by atoms with van der Waals surface area (Å²) in [6.45, 7) is 0. The number of carboxylic acids is 1. The molecular weight excluding hydrogens is 246 g/mol. The number of carboxylic acid groups (broad SMARTS) is 1. The van der Waals surface area contributed by atoms with E-state index < -0.39 is 28.0 Å². The molecule has 1 atom stereocenters. The van der Waals surface area contributed by atoms with Crippen LogP contribution >= 0.6 is 0 Å². The lowest BCUT2D eigenvalue weighted by atomic mass is 10.1. The summed E-state index contributed by atoms with van der Waals surface area (Å²) in [5.41, 5.74) is 0.766. The minimum atomic E-state index is -4.22. The van der Waals surface area contributed by atoms with Gasteiger partial charge in [-0.25, -0.2) is 0 Å². The van der Waals surface area contributed by atoms with E-state index in [1.165, 1.54) is 0 Å². The predicted octanol–water partition coefficient (Wildman–Crippen LogP) is 0.117. The maximum absolute atomic E-state index is 10.9. The standard InChI is InChI=1S/C10H13NO5S/c12-10(13)9(11-7-17(14,15)16)6-8-4-2-1-3-5-8/h1-5,9,11H,6-7H2,(H,12,13)(H,14,15,16)/t9-/m0/s1. The summed E-state index contributed by atoms with van der Waals surface area (Å²) >= 11 is 0. The van der Waals surface area contributed by atoms with Crippen molar-refractivity contribution in [2.24, 2.45) is 0 Å². The average Bonchev–Trinajstić information content (AvgIpc) is 2.24. The first-order valence-electron chi connectivity index (χ1n) is 4.84. The van der Waals surface area contributed by atoms with Gasteiger partial charge in [0.25, 0.3) is 10.1 Å². The molecule has 0 saturated carbocycles. The molecule has 0 fully saturated rings. The molecule has 0 aromatic heterocycles. The van der Waals surface area contributed by atoms with Crippen LogP contribution in [0.3, 0.4) is 0 Å². The second-order valence-corrected chi connectivity index (χ2v) is 4.96. The Hall–Kier alpha value is -1.44. The zero-order valence-electron chi connectivity index (χ0n) is 8.91. The van der Waals surface area contributed by atoms with Gasteiger partial charge in [-0.1, -0.05) is 30.3 Å². The van der Waals surface area contributed by atoms with Crippen molar-refractivity contribution in [3.63, 3.8) is 0 Å². The van der Waals surface area contributed by atoms with E-state index in [-0.39, 0.29) is 6.42 Å². The zero-order valence-corrected chi connectivity index (χ0v) is 9.72. The molecule has 1 aromatic carbocycles. The molecule has 0 spiro atoms. The summed E-state index contributed by atoms with van der Waals surface area (Å²) in [7, 11) is -4.22. The quantitative estimate of drug-likeness (QED) is 0.627. The van der Waals surface area contributed by atoms with E-state index in [0.29, 0.717) is 0 Å². The molecule has 17 heavy (non-hydrogen) atoms. The predicted molar refractivity (Wildman–Crippen MR) is 61.1 cm³/mol. The molecule has 94 valence electrons. The van der Waals surface area contributed by atoms with Gasteiger partial charge in [0.05, 0.1) is 0 Å². The van der Waals surface area contributed by atoms with Gasteiger partial charge < -0.3 is 5.11 Å². The third-order valence-electron chi connectivity index (χ3n) is 2.09. The summed E-state index contributed by atoms with van der Waals surface area (Å²) < 4.78 is 29.6. The third kappa shape index (κ3) is 5.43. The van der Waals surface area contributed by atoms with Crippen molar-refractivity contribution < 1.29 is 22.9 Å². The molecule has 1 aromatic rings. The minimum Gasteiger partial charge on any atom is -0.480 e. The monoisotopic (exact) mass is 259 g/mol. The number of rotatable bonds is 6. The van der Waals surface area contributed by atoms with E-state index in [1.54, 1.807) is 30.3 Å². The number of benzene rings is 1. The number of hydrogen-bond donors (Lipinski definition) is 3. The second kappa shape index (κ2) is 5.76. The van der Waals surface area contributed by atoms with E-state index >= 15 is 0 Å². The number of carbonyl (C=O) groups is 1. The molecule has 0 unspecified atom stereocenters. The van der Waals surface area contributed by atoms with Crippen LogP contribution in [0.4, 0.5) is 0 Å². The van der Waals surface area contributed by atoms with Crippen LogP contribution in [0.2, 0.25) is 0 Å². The molecule has 3 N–H and O–H groups in total. The molecule has 0 amide bonds. The highest BCUT2D eigenvalue weighted by Crippen LogP contribution is 2.03. The van der Waals surface area contributed by atoms with Crippen molar-refractivity contribution in [2.75, 3.05) is 5.88 Å². The first kappa shape index (κ1) is 13.6. The SMILES string of the molecule is O=C(O)[C@H](Cc1ccccc1)NCS(=O)(=O)O. The smallest absolute Gasteiger partial charge is 0.321 e. The number of hydrogen-bond acceptors (Lipinski definition) is 4. The summed E-state index contributed by atoms with van der Waals surface area (Å²) in [5.74, 6) is -1.95. The largest absolute Gasteiger partial charge is 0.480 e. The normalized spacial score (nSPS) is 13.2. The fourth-order valence-corrected chi connectivity index (χ4v) is 1.71. The Bertz CT molecular complexity index is 471. The highest BCUT2D eigenvalue weighted by Gasteiger charge is 2.19. The maximum atomic E-state index is 10.9. The Morgan fingerprint density at radius 3 is 2.35 bits per heavy atom. The summed E-state index contributed by atoms with van der Waals surface area (Å²) in [6.07, 6.45) is 0.145. The Balaban J connectivity index is 2.65. The Kier molecular flexibility index (Phi) is 4.62. The van der Waals surface area contributed by atoms with E-state index in [4.69, 9.17) is 9.66 Å². The number of aliphatic carboxylic acids is 1. The number of nitrogens with one attached hydrogen (secondary N) is 1. The molecule has 0 heterocycles. The van der Waals surface area contributed by atoms with Gasteiger partial charge in [-0.05, 0) is 12.0 Å². The highest BCUT2D eigenvalue weighted by molar-refractivity contribution is 7.85. The van der Waals surface area contributed by atoms with Crippen LogP contribution in [0, 0.1) is 0 Å². The fraction of sp³-hybridized carbons (Fsp3) is 0.300. The van der Waals surface area contributed by atoms with Crippen molar-refractivity contribution >= 4 is 16.1 Å². The van der Waals surface area contributed by atoms with Crippen molar-refractivity contribution in [1.82, 2.24) is 5.32 Å². The van der Waals surface area contributed by atoms with Crippen molar-refractivity contribution in [2.45, 2.75) is 12.5 Å². The second-order valence-electron chi connectivity index (χ2n) is 3.51. The molecule has 0 aliphatic rings. The molecule has 7 heteroatoms. The van der Waals surface area contributed by atoms with Crippen molar-refractivity contribution in [1.29, 1.82) is 0 Å². The Labute approximate surface area is 99.0 Å². The van der Waals surface area contributed by atoms with Gasteiger partial charge in [0.1, 0.15) is 11.9 Å². The van der Waals surface area contributed by atoms with Gasteiger partial charge in [0, 0.05) is 0 Å². The topological polar surface area (TPSA) is 104 Å². The van der Waals surface area contributed by atoms with E-state index in [1.807, 2.05) is 0 Å².